The molecule has 20 heavy (non-hydrogen) atoms. The highest BCUT2D eigenvalue weighted by atomic mass is 16.3. The molecule has 1 saturated carbocycles. The standard InChI is InChI=1S/C17H30N2O/c1-4-8-19-17(14-7-9-20-12-14)11-15-10-13(2)5-6-16(15)18-3/h7,9,12-13,15-19H,4-6,8,10-11H2,1-3H3. The molecular weight excluding hydrogens is 248 g/mol. The summed E-state index contributed by atoms with van der Waals surface area (Å²) in [5.74, 6) is 1.62. The monoisotopic (exact) mass is 278 g/mol. The van der Waals surface area contributed by atoms with Crippen molar-refractivity contribution in [1.29, 1.82) is 0 Å². The average Bonchev–Trinajstić information content (AvgIpc) is 2.97. The molecule has 3 nitrogen and oxygen atoms in total. The van der Waals surface area contributed by atoms with Gasteiger partial charge in [-0.15, -0.1) is 0 Å². The zero-order chi connectivity index (χ0) is 14.4. The summed E-state index contributed by atoms with van der Waals surface area (Å²) in [4.78, 5) is 0. The number of rotatable bonds is 7. The van der Waals surface area contributed by atoms with Crippen molar-refractivity contribution in [3.8, 4) is 0 Å². The van der Waals surface area contributed by atoms with Gasteiger partial charge >= 0.3 is 0 Å². The van der Waals surface area contributed by atoms with E-state index in [2.05, 4.69) is 37.6 Å². The van der Waals surface area contributed by atoms with E-state index in [9.17, 15) is 0 Å². The van der Waals surface area contributed by atoms with Crippen LogP contribution in [0.3, 0.4) is 0 Å². The van der Waals surface area contributed by atoms with Crippen molar-refractivity contribution in [3.05, 3.63) is 24.2 Å². The first-order valence-electron chi connectivity index (χ1n) is 8.17. The second kappa shape index (κ2) is 7.84. The predicted molar refractivity (Wildman–Crippen MR) is 83.7 cm³/mol. The van der Waals surface area contributed by atoms with E-state index in [4.69, 9.17) is 4.42 Å². The fourth-order valence-electron chi connectivity index (χ4n) is 3.57. The van der Waals surface area contributed by atoms with Gasteiger partial charge in [0.2, 0.25) is 0 Å². The normalized spacial score (nSPS) is 28.4. The molecule has 114 valence electrons. The minimum atomic E-state index is 0.430. The lowest BCUT2D eigenvalue weighted by molar-refractivity contribution is 0.194. The summed E-state index contributed by atoms with van der Waals surface area (Å²) in [5.41, 5.74) is 1.30. The first kappa shape index (κ1) is 15.6. The molecule has 2 N–H and O–H groups in total. The van der Waals surface area contributed by atoms with Gasteiger partial charge in [-0.2, -0.15) is 0 Å². The summed E-state index contributed by atoms with van der Waals surface area (Å²) < 4.78 is 5.28. The van der Waals surface area contributed by atoms with Crippen molar-refractivity contribution >= 4 is 0 Å². The van der Waals surface area contributed by atoms with E-state index in [0.29, 0.717) is 12.1 Å². The molecule has 0 amide bonds. The lowest BCUT2D eigenvalue weighted by atomic mass is 9.75. The van der Waals surface area contributed by atoms with Crippen molar-refractivity contribution in [1.82, 2.24) is 10.6 Å². The molecule has 0 saturated heterocycles. The van der Waals surface area contributed by atoms with E-state index in [1.54, 1.807) is 6.26 Å². The number of hydrogen-bond acceptors (Lipinski definition) is 3. The molecule has 0 aromatic carbocycles. The van der Waals surface area contributed by atoms with Gasteiger partial charge in [0.15, 0.2) is 0 Å². The maximum Gasteiger partial charge on any atom is 0.0950 e. The molecule has 0 bridgehead atoms. The zero-order valence-electron chi connectivity index (χ0n) is 13.2. The zero-order valence-corrected chi connectivity index (χ0v) is 13.2. The van der Waals surface area contributed by atoms with Gasteiger partial charge in [0.25, 0.3) is 0 Å². The molecule has 1 aromatic heterocycles. The molecule has 1 fully saturated rings. The Morgan fingerprint density at radius 2 is 2.25 bits per heavy atom. The largest absolute Gasteiger partial charge is 0.472 e. The summed E-state index contributed by atoms with van der Waals surface area (Å²) in [6, 6.07) is 3.21. The minimum Gasteiger partial charge on any atom is -0.472 e. The molecular formula is C17H30N2O. The van der Waals surface area contributed by atoms with Crippen LogP contribution in [0, 0.1) is 11.8 Å². The summed E-state index contributed by atoms with van der Waals surface area (Å²) in [7, 11) is 2.11. The Labute approximate surface area is 123 Å². The van der Waals surface area contributed by atoms with Crippen LogP contribution in [0.15, 0.2) is 23.0 Å². The fraction of sp³-hybridized carbons (Fsp3) is 0.765. The van der Waals surface area contributed by atoms with E-state index in [1.165, 1.54) is 37.7 Å². The van der Waals surface area contributed by atoms with Crippen LogP contribution in [0.5, 0.6) is 0 Å². The number of furan rings is 1. The van der Waals surface area contributed by atoms with E-state index in [1.807, 2.05) is 6.26 Å². The van der Waals surface area contributed by atoms with E-state index < -0.39 is 0 Å². The third kappa shape index (κ3) is 4.10. The molecule has 1 aliphatic carbocycles. The first-order chi connectivity index (χ1) is 9.74. The Bertz CT molecular complexity index is 363. The quantitative estimate of drug-likeness (QED) is 0.798. The van der Waals surface area contributed by atoms with Gasteiger partial charge in [0.05, 0.1) is 12.5 Å². The van der Waals surface area contributed by atoms with E-state index in [-0.39, 0.29) is 0 Å². The van der Waals surface area contributed by atoms with Crippen molar-refractivity contribution in [2.24, 2.45) is 11.8 Å². The van der Waals surface area contributed by atoms with Crippen LogP contribution in [-0.2, 0) is 0 Å². The van der Waals surface area contributed by atoms with Gasteiger partial charge < -0.3 is 15.1 Å². The van der Waals surface area contributed by atoms with Crippen LogP contribution in [0.1, 0.15) is 57.6 Å². The molecule has 3 heteroatoms. The second-order valence-electron chi connectivity index (χ2n) is 6.37. The summed E-state index contributed by atoms with van der Waals surface area (Å²) in [6.07, 6.45) is 10.1. The third-order valence-electron chi connectivity index (χ3n) is 4.74. The lowest BCUT2D eigenvalue weighted by Gasteiger charge is -2.37. The fourth-order valence-corrected chi connectivity index (χ4v) is 3.57. The number of nitrogens with one attached hydrogen (secondary N) is 2. The second-order valence-corrected chi connectivity index (χ2v) is 6.37. The van der Waals surface area contributed by atoms with E-state index in [0.717, 1.165) is 18.4 Å². The topological polar surface area (TPSA) is 37.2 Å². The predicted octanol–water partition coefficient (Wildman–Crippen LogP) is 3.73. The van der Waals surface area contributed by atoms with Crippen molar-refractivity contribution in [2.45, 2.75) is 58.0 Å². The smallest absolute Gasteiger partial charge is 0.0950 e. The van der Waals surface area contributed by atoms with Crippen molar-refractivity contribution in [3.63, 3.8) is 0 Å². The number of hydrogen-bond donors (Lipinski definition) is 2. The highest BCUT2D eigenvalue weighted by molar-refractivity contribution is 5.12. The SMILES string of the molecule is CCCNC(CC1CC(C)CCC1NC)c1ccoc1. The van der Waals surface area contributed by atoms with Gasteiger partial charge in [-0.25, -0.2) is 0 Å². The molecule has 0 spiro atoms. The Kier molecular flexibility index (Phi) is 6.11. The van der Waals surface area contributed by atoms with Crippen molar-refractivity contribution < 1.29 is 4.42 Å². The lowest BCUT2D eigenvalue weighted by Crippen LogP contribution is -2.40. The Hall–Kier alpha value is -0.800. The Morgan fingerprint density at radius 3 is 2.90 bits per heavy atom. The summed E-state index contributed by atoms with van der Waals surface area (Å²) in [6.45, 7) is 5.69. The maximum atomic E-state index is 5.28. The Morgan fingerprint density at radius 1 is 1.40 bits per heavy atom. The molecule has 1 aromatic rings. The van der Waals surface area contributed by atoms with Crippen molar-refractivity contribution in [2.75, 3.05) is 13.6 Å². The molecule has 0 radical (unpaired) electrons. The van der Waals surface area contributed by atoms with Gasteiger partial charge in [-0.05, 0) is 63.6 Å². The van der Waals surface area contributed by atoms with Gasteiger partial charge in [0, 0.05) is 17.6 Å². The summed E-state index contributed by atoms with van der Waals surface area (Å²) >= 11 is 0. The van der Waals surface area contributed by atoms with Gasteiger partial charge in [-0.1, -0.05) is 13.8 Å². The van der Waals surface area contributed by atoms with Crippen LogP contribution in [0.25, 0.3) is 0 Å². The van der Waals surface area contributed by atoms with E-state index >= 15 is 0 Å². The van der Waals surface area contributed by atoms with Crippen LogP contribution >= 0.6 is 0 Å². The average molecular weight is 278 g/mol. The first-order valence-corrected chi connectivity index (χ1v) is 8.17. The van der Waals surface area contributed by atoms with Gasteiger partial charge in [-0.3, -0.25) is 0 Å². The molecule has 2 rings (SSSR count). The summed E-state index contributed by atoms with van der Waals surface area (Å²) in [5, 5.41) is 7.22. The molecule has 4 unspecified atom stereocenters. The van der Waals surface area contributed by atoms with Crippen LogP contribution in [-0.4, -0.2) is 19.6 Å². The van der Waals surface area contributed by atoms with Crippen LogP contribution < -0.4 is 10.6 Å². The highest BCUT2D eigenvalue weighted by Gasteiger charge is 2.30. The van der Waals surface area contributed by atoms with Gasteiger partial charge in [0.1, 0.15) is 0 Å². The Balaban J connectivity index is 2.01. The van der Waals surface area contributed by atoms with Crippen LogP contribution in [0.2, 0.25) is 0 Å². The molecule has 1 heterocycles. The minimum absolute atomic E-state index is 0.430. The van der Waals surface area contributed by atoms with Crippen LogP contribution in [0.4, 0.5) is 0 Å². The molecule has 4 atom stereocenters. The highest BCUT2D eigenvalue weighted by Crippen LogP contribution is 2.35. The molecule has 1 aliphatic rings. The third-order valence-corrected chi connectivity index (χ3v) is 4.74. The molecule has 0 aliphatic heterocycles. The maximum absolute atomic E-state index is 5.28.